The SMILES string of the molecule is Oc1c(CN2CCCCC2)cc(-c2cc(=S)ss2)cc1CN1CCCCC1. The van der Waals surface area contributed by atoms with Crippen LogP contribution >= 0.6 is 32.9 Å². The Labute approximate surface area is 174 Å². The van der Waals surface area contributed by atoms with Gasteiger partial charge in [-0.05, 0) is 75.6 Å². The van der Waals surface area contributed by atoms with E-state index in [1.807, 2.05) is 0 Å². The molecule has 2 aliphatic rings. The third-order valence-corrected chi connectivity index (χ3v) is 8.61. The minimum absolute atomic E-state index is 0.508. The number of phenols is 1. The first-order valence-corrected chi connectivity index (χ1v) is 12.6. The van der Waals surface area contributed by atoms with Crippen LogP contribution in [0, 0.1) is 3.82 Å². The van der Waals surface area contributed by atoms with Crippen LogP contribution in [0.2, 0.25) is 0 Å². The lowest BCUT2D eigenvalue weighted by molar-refractivity contribution is 0.213. The Morgan fingerprint density at radius 2 is 1.30 bits per heavy atom. The fourth-order valence-corrected chi connectivity index (χ4v) is 6.62. The maximum absolute atomic E-state index is 11.1. The van der Waals surface area contributed by atoms with Crippen LogP contribution in [0.1, 0.15) is 49.7 Å². The van der Waals surface area contributed by atoms with Gasteiger partial charge >= 0.3 is 0 Å². The number of hydrogen-bond donors (Lipinski definition) is 1. The average molecular weight is 421 g/mol. The van der Waals surface area contributed by atoms with Crippen molar-refractivity contribution in [1.82, 2.24) is 9.80 Å². The molecule has 3 nitrogen and oxygen atoms in total. The van der Waals surface area contributed by atoms with Crippen molar-refractivity contribution >= 4 is 32.9 Å². The van der Waals surface area contributed by atoms with Crippen molar-refractivity contribution in [3.8, 4) is 16.2 Å². The first-order valence-electron chi connectivity index (χ1n) is 10.1. The van der Waals surface area contributed by atoms with E-state index >= 15 is 0 Å². The Bertz CT molecular complexity index is 776. The number of rotatable bonds is 5. The van der Waals surface area contributed by atoms with Crippen LogP contribution in [0.15, 0.2) is 18.2 Å². The van der Waals surface area contributed by atoms with E-state index in [2.05, 4.69) is 28.0 Å². The van der Waals surface area contributed by atoms with Crippen molar-refractivity contribution in [3.63, 3.8) is 0 Å². The molecule has 2 saturated heterocycles. The number of likely N-dealkylation sites (tertiary alicyclic amines) is 2. The van der Waals surface area contributed by atoms with E-state index in [-0.39, 0.29) is 0 Å². The molecule has 27 heavy (non-hydrogen) atoms. The van der Waals surface area contributed by atoms with Crippen LogP contribution in [-0.2, 0) is 13.1 Å². The van der Waals surface area contributed by atoms with Crippen molar-refractivity contribution < 1.29 is 5.11 Å². The number of piperidine rings is 2. The number of aromatic hydroxyl groups is 1. The zero-order valence-corrected chi connectivity index (χ0v) is 18.2. The third-order valence-electron chi connectivity index (χ3n) is 5.70. The van der Waals surface area contributed by atoms with Crippen molar-refractivity contribution in [3.05, 3.63) is 33.1 Å². The van der Waals surface area contributed by atoms with Gasteiger partial charge < -0.3 is 5.11 Å². The second-order valence-electron chi connectivity index (χ2n) is 7.81. The molecule has 1 aromatic heterocycles. The van der Waals surface area contributed by atoms with Gasteiger partial charge in [-0.25, -0.2) is 0 Å². The van der Waals surface area contributed by atoms with Gasteiger partial charge in [0.05, 0.1) is 0 Å². The predicted molar refractivity (Wildman–Crippen MR) is 118 cm³/mol. The van der Waals surface area contributed by atoms with Crippen molar-refractivity contribution in [2.24, 2.45) is 0 Å². The minimum atomic E-state index is 0.508. The van der Waals surface area contributed by atoms with Crippen LogP contribution in [0.5, 0.6) is 5.75 Å². The molecule has 2 aliphatic heterocycles. The molecule has 1 N–H and O–H groups in total. The van der Waals surface area contributed by atoms with Gasteiger partial charge in [-0.15, -0.1) is 0 Å². The highest BCUT2D eigenvalue weighted by atomic mass is 32.9. The summed E-state index contributed by atoms with van der Waals surface area (Å²) in [5.74, 6) is 0.508. The number of phenolic OH excluding ortho intramolecular Hbond substituents is 1. The summed E-state index contributed by atoms with van der Waals surface area (Å²) in [7, 11) is 3.41. The van der Waals surface area contributed by atoms with Gasteiger partial charge in [0.25, 0.3) is 0 Å². The molecule has 6 heteroatoms. The van der Waals surface area contributed by atoms with E-state index in [4.69, 9.17) is 12.2 Å². The first kappa shape index (κ1) is 19.5. The fraction of sp³-hybridized carbons (Fsp3) is 0.571. The highest BCUT2D eigenvalue weighted by Gasteiger charge is 2.19. The van der Waals surface area contributed by atoms with E-state index in [1.165, 1.54) is 49.0 Å². The summed E-state index contributed by atoms with van der Waals surface area (Å²) in [5, 5.41) is 11.1. The largest absolute Gasteiger partial charge is 0.507 e. The lowest BCUT2D eigenvalue weighted by Gasteiger charge is -2.29. The van der Waals surface area contributed by atoms with Crippen LogP contribution < -0.4 is 0 Å². The summed E-state index contributed by atoms with van der Waals surface area (Å²) < 4.78 is 0.943. The Hall–Kier alpha value is -0.790. The third kappa shape index (κ3) is 4.98. The molecule has 2 aromatic rings. The van der Waals surface area contributed by atoms with Gasteiger partial charge in [0.1, 0.15) is 9.57 Å². The molecule has 0 amide bonds. The standard InChI is InChI=1S/C21H28N2OS3/c24-21-17(14-22-7-3-1-4-8-22)11-16(19-13-20(25)27-26-19)12-18(21)15-23-9-5-2-6-10-23/h11-13,24H,1-10,14-15H2. The van der Waals surface area contributed by atoms with Crippen molar-refractivity contribution in [2.45, 2.75) is 51.6 Å². The molecule has 146 valence electrons. The van der Waals surface area contributed by atoms with Gasteiger partial charge in [0.15, 0.2) is 0 Å². The molecule has 3 heterocycles. The van der Waals surface area contributed by atoms with Gasteiger partial charge in [0, 0.05) is 29.1 Å². The van der Waals surface area contributed by atoms with Crippen molar-refractivity contribution in [1.29, 1.82) is 0 Å². The first-order chi connectivity index (χ1) is 13.2. The molecule has 0 radical (unpaired) electrons. The van der Waals surface area contributed by atoms with Gasteiger partial charge in [0.2, 0.25) is 0 Å². The van der Waals surface area contributed by atoms with Gasteiger partial charge in [-0.2, -0.15) is 0 Å². The molecule has 0 bridgehead atoms. The minimum Gasteiger partial charge on any atom is -0.507 e. The zero-order valence-electron chi connectivity index (χ0n) is 15.8. The lowest BCUT2D eigenvalue weighted by Crippen LogP contribution is -2.30. The zero-order chi connectivity index (χ0) is 18.6. The smallest absolute Gasteiger partial charge is 0.124 e. The number of hydrogen-bond acceptors (Lipinski definition) is 6. The Balaban J connectivity index is 1.65. The van der Waals surface area contributed by atoms with Gasteiger partial charge in [-0.3, -0.25) is 9.80 Å². The number of benzene rings is 1. The van der Waals surface area contributed by atoms with E-state index < -0.39 is 0 Å². The maximum atomic E-state index is 11.1. The Kier molecular flexibility index (Phi) is 6.61. The monoisotopic (exact) mass is 420 g/mol. The van der Waals surface area contributed by atoms with E-state index in [1.54, 1.807) is 20.7 Å². The summed E-state index contributed by atoms with van der Waals surface area (Å²) in [6.45, 7) is 6.26. The molecule has 0 aliphatic carbocycles. The highest BCUT2D eigenvalue weighted by Crippen LogP contribution is 2.36. The summed E-state index contributed by atoms with van der Waals surface area (Å²) in [6, 6.07) is 6.49. The van der Waals surface area contributed by atoms with Crippen LogP contribution in [0.4, 0.5) is 0 Å². The molecule has 0 spiro atoms. The Morgan fingerprint density at radius 1 is 0.778 bits per heavy atom. The number of nitrogens with zero attached hydrogens (tertiary/aromatic N) is 2. The topological polar surface area (TPSA) is 26.7 Å². The van der Waals surface area contributed by atoms with E-state index in [0.29, 0.717) is 5.75 Å². The predicted octanol–water partition coefficient (Wildman–Crippen LogP) is 5.88. The summed E-state index contributed by atoms with van der Waals surface area (Å²) >= 11 is 5.35. The second kappa shape index (κ2) is 9.14. The van der Waals surface area contributed by atoms with Crippen LogP contribution in [0.25, 0.3) is 10.4 Å². The van der Waals surface area contributed by atoms with E-state index in [9.17, 15) is 5.11 Å². The molecule has 0 saturated carbocycles. The molecule has 2 fully saturated rings. The van der Waals surface area contributed by atoms with Gasteiger partial charge in [-0.1, -0.05) is 45.7 Å². The normalized spacial score (nSPS) is 19.4. The quantitative estimate of drug-likeness (QED) is 0.482. The fourth-order valence-electron chi connectivity index (χ4n) is 4.23. The lowest BCUT2D eigenvalue weighted by atomic mass is 10.00. The maximum Gasteiger partial charge on any atom is 0.124 e. The van der Waals surface area contributed by atoms with Crippen LogP contribution in [-0.4, -0.2) is 41.1 Å². The molecular formula is C21H28N2OS3. The second-order valence-corrected chi connectivity index (χ2v) is 10.7. The molecule has 1 aromatic carbocycles. The van der Waals surface area contributed by atoms with E-state index in [0.717, 1.165) is 54.2 Å². The summed E-state index contributed by atoms with van der Waals surface area (Å²) in [6.07, 6.45) is 7.75. The molecule has 4 rings (SSSR count). The molecule has 0 atom stereocenters. The average Bonchev–Trinajstić information content (AvgIpc) is 3.13. The highest BCUT2D eigenvalue weighted by molar-refractivity contribution is 7.80. The van der Waals surface area contributed by atoms with Crippen LogP contribution in [0.3, 0.4) is 0 Å². The molecular weight excluding hydrogens is 392 g/mol. The summed E-state index contributed by atoms with van der Waals surface area (Å²) in [4.78, 5) is 6.20. The molecule has 0 unspecified atom stereocenters. The summed E-state index contributed by atoms with van der Waals surface area (Å²) in [5.41, 5.74) is 3.36. The van der Waals surface area contributed by atoms with Crippen molar-refractivity contribution in [2.75, 3.05) is 26.2 Å². The Morgan fingerprint density at radius 3 is 1.74 bits per heavy atom.